The van der Waals surface area contributed by atoms with Crippen LogP contribution in [0.1, 0.15) is 13.8 Å². The lowest BCUT2D eigenvalue weighted by molar-refractivity contribution is 0.0546. The molecular weight excluding hydrogens is 256 g/mol. The maximum atomic E-state index is 6.13. The van der Waals surface area contributed by atoms with E-state index in [2.05, 4.69) is 24.1 Å². The SMILES string of the molecule is CC(C)(CN1CCNCC1)Oc1ccc2c(c1)OCO2. The van der Waals surface area contributed by atoms with Crippen molar-refractivity contribution in [2.45, 2.75) is 19.4 Å². The van der Waals surface area contributed by atoms with Crippen molar-refractivity contribution in [2.24, 2.45) is 0 Å². The van der Waals surface area contributed by atoms with Crippen molar-refractivity contribution in [3.05, 3.63) is 18.2 Å². The van der Waals surface area contributed by atoms with E-state index in [1.165, 1.54) is 0 Å². The van der Waals surface area contributed by atoms with Crippen LogP contribution in [0.5, 0.6) is 17.2 Å². The Hall–Kier alpha value is -1.46. The van der Waals surface area contributed by atoms with E-state index in [0.29, 0.717) is 6.79 Å². The van der Waals surface area contributed by atoms with Gasteiger partial charge in [-0.15, -0.1) is 0 Å². The summed E-state index contributed by atoms with van der Waals surface area (Å²) in [6, 6.07) is 5.74. The Morgan fingerprint density at radius 1 is 1.20 bits per heavy atom. The molecule has 5 nitrogen and oxygen atoms in total. The number of benzene rings is 1. The Balaban J connectivity index is 1.63. The summed E-state index contributed by atoms with van der Waals surface area (Å²) >= 11 is 0. The molecule has 0 unspecified atom stereocenters. The smallest absolute Gasteiger partial charge is 0.231 e. The Bertz CT molecular complexity index is 470. The molecule has 0 aliphatic carbocycles. The summed E-state index contributed by atoms with van der Waals surface area (Å²) in [4.78, 5) is 2.43. The first-order chi connectivity index (χ1) is 9.62. The van der Waals surface area contributed by atoms with Gasteiger partial charge in [-0.3, -0.25) is 4.90 Å². The van der Waals surface area contributed by atoms with Crippen LogP contribution in [-0.4, -0.2) is 50.0 Å². The molecule has 1 aromatic carbocycles. The van der Waals surface area contributed by atoms with E-state index in [0.717, 1.165) is 50.0 Å². The van der Waals surface area contributed by atoms with Crippen LogP contribution in [-0.2, 0) is 0 Å². The van der Waals surface area contributed by atoms with Crippen LogP contribution in [0.2, 0.25) is 0 Å². The standard InChI is InChI=1S/C15H22N2O3/c1-15(2,10-17-7-5-16-6-8-17)20-12-3-4-13-14(9-12)19-11-18-13/h3-4,9,16H,5-8,10-11H2,1-2H3. The molecule has 2 aliphatic heterocycles. The van der Waals surface area contributed by atoms with Gasteiger partial charge in [0.05, 0.1) is 0 Å². The molecule has 1 fully saturated rings. The Morgan fingerprint density at radius 2 is 1.95 bits per heavy atom. The summed E-state index contributed by atoms with van der Waals surface area (Å²) in [6.45, 7) is 9.73. The molecule has 0 aromatic heterocycles. The summed E-state index contributed by atoms with van der Waals surface area (Å²) in [7, 11) is 0. The van der Waals surface area contributed by atoms with Crippen molar-refractivity contribution in [3.8, 4) is 17.2 Å². The predicted molar refractivity (Wildman–Crippen MR) is 76.6 cm³/mol. The van der Waals surface area contributed by atoms with E-state index < -0.39 is 0 Å². The van der Waals surface area contributed by atoms with Gasteiger partial charge >= 0.3 is 0 Å². The van der Waals surface area contributed by atoms with Gasteiger partial charge in [0.25, 0.3) is 0 Å². The van der Waals surface area contributed by atoms with Crippen LogP contribution in [0, 0.1) is 0 Å². The van der Waals surface area contributed by atoms with Crippen LogP contribution < -0.4 is 19.5 Å². The van der Waals surface area contributed by atoms with Gasteiger partial charge < -0.3 is 19.5 Å². The average molecular weight is 278 g/mol. The molecule has 1 aromatic rings. The average Bonchev–Trinajstić information content (AvgIpc) is 2.86. The number of hydrogen-bond donors (Lipinski definition) is 1. The van der Waals surface area contributed by atoms with Gasteiger partial charge in [-0.2, -0.15) is 0 Å². The molecule has 0 saturated carbocycles. The third kappa shape index (κ3) is 3.16. The molecule has 3 rings (SSSR count). The molecule has 110 valence electrons. The number of nitrogens with zero attached hydrogens (tertiary/aromatic N) is 1. The molecule has 20 heavy (non-hydrogen) atoms. The number of fused-ring (bicyclic) bond motifs is 1. The highest BCUT2D eigenvalue weighted by molar-refractivity contribution is 5.47. The van der Waals surface area contributed by atoms with Gasteiger partial charge in [0.15, 0.2) is 11.5 Å². The zero-order valence-electron chi connectivity index (χ0n) is 12.1. The lowest BCUT2D eigenvalue weighted by Gasteiger charge is -2.35. The molecule has 0 spiro atoms. The number of hydrogen-bond acceptors (Lipinski definition) is 5. The second kappa shape index (κ2) is 5.50. The van der Waals surface area contributed by atoms with Crippen LogP contribution >= 0.6 is 0 Å². The molecule has 0 bridgehead atoms. The van der Waals surface area contributed by atoms with Crippen molar-refractivity contribution >= 4 is 0 Å². The Morgan fingerprint density at radius 3 is 2.75 bits per heavy atom. The summed E-state index contributed by atoms with van der Waals surface area (Å²) in [6.07, 6.45) is 0. The van der Waals surface area contributed by atoms with Crippen molar-refractivity contribution < 1.29 is 14.2 Å². The number of rotatable bonds is 4. The van der Waals surface area contributed by atoms with Gasteiger partial charge in [-0.05, 0) is 26.0 Å². The van der Waals surface area contributed by atoms with Crippen LogP contribution in [0.4, 0.5) is 0 Å². The predicted octanol–water partition coefficient (Wildman–Crippen LogP) is 1.48. The molecule has 2 aliphatic rings. The van der Waals surface area contributed by atoms with Gasteiger partial charge in [0, 0.05) is 38.8 Å². The molecule has 0 amide bonds. The fourth-order valence-electron chi connectivity index (χ4n) is 2.70. The monoisotopic (exact) mass is 278 g/mol. The molecule has 2 heterocycles. The quantitative estimate of drug-likeness (QED) is 0.903. The van der Waals surface area contributed by atoms with Crippen LogP contribution in [0.15, 0.2) is 18.2 Å². The number of ether oxygens (including phenoxy) is 3. The zero-order chi connectivity index (χ0) is 14.0. The molecule has 1 saturated heterocycles. The minimum absolute atomic E-state index is 0.231. The Kier molecular flexibility index (Phi) is 3.72. The third-order valence-corrected chi connectivity index (χ3v) is 3.55. The van der Waals surface area contributed by atoms with Gasteiger partial charge in [-0.25, -0.2) is 0 Å². The van der Waals surface area contributed by atoms with Crippen LogP contribution in [0.3, 0.4) is 0 Å². The summed E-state index contributed by atoms with van der Waals surface area (Å²) in [5.41, 5.74) is -0.231. The normalized spacial score (nSPS) is 19.1. The topological polar surface area (TPSA) is 43.0 Å². The lowest BCUT2D eigenvalue weighted by atomic mass is 10.1. The van der Waals surface area contributed by atoms with E-state index >= 15 is 0 Å². The summed E-state index contributed by atoms with van der Waals surface area (Å²) in [5.74, 6) is 2.38. The first-order valence-corrected chi connectivity index (χ1v) is 7.14. The van der Waals surface area contributed by atoms with Gasteiger partial charge in [0.1, 0.15) is 11.4 Å². The molecular formula is C15H22N2O3. The van der Waals surface area contributed by atoms with E-state index in [1.807, 2.05) is 18.2 Å². The highest BCUT2D eigenvalue weighted by Crippen LogP contribution is 2.36. The van der Waals surface area contributed by atoms with E-state index in [4.69, 9.17) is 14.2 Å². The van der Waals surface area contributed by atoms with E-state index in [9.17, 15) is 0 Å². The first-order valence-electron chi connectivity index (χ1n) is 7.14. The largest absolute Gasteiger partial charge is 0.486 e. The second-order valence-electron chi connectivity index (χ2n) is 5.90. The number of nitrogens with one attached hydrogen (secondary N) is 1. The summed E-state index contributed by atoms with van der Waals surface area (Å²) < 4.78 is 16.8. The fraction of sp³-hybridized carbons (Fsp3) is 0.600. The van der Waals surface area contributed by atoms with Crippen molar-refractivity contribution in [2.75, 3.05) is 39.5 Å². The minimum atomic E-state index is -0.231. The fourth-order valence-corrected chi connectivity index (χ4v) is 2.70. The maximum Gasteiger partial charge on any atom is 0.231 e. The van der Waals surface area contributed by atoms with Crippen molar-refractivity contribution in [1.29, 1.82) is 0 Å². The highest BCUT2D eigenvalue weighted by Gasteiger charge is 2.25. The minimum Gasteiger partial charge on any atom is -0.486 e. The third-order valence-electron chi connectivity index (χ3n) is 3.55. The summed E-state index contributed by atoms with van der Waals surface area (Å²) in [5, 5.41) is 3.37. The van der Waals surface area contributed by atoms with E-state index in [-0.39, 0.29) is 5.60 Å². The second-order valence-corrected chi connectivity index (χ2v) is 5.90. The van der Waals surface area contributed by atoms with Crippen molar-refractivity contribution in [1.82, 2.24) is 10.2 Å². The molecule has 5 heteroatoms. The van der Waals surface area contributed by atoms with Crippen molar-refractivity contribution in [3.63, 3.8) is 0 Å². The van der Waals surface area contributed by atoms with Crippen LogP contribution in [0.25, 0.3) is 0 Å². The first kappa shape index (κ1) is 13.5. The molecule has 0 atom stereocenters. The zero-order valence-corrected chi connectivity index (χ0v) is 12.1. The number of piperazine rings is 1. The maximum absolute atomic E-state index is 6.13. The van der Waals surface area contributed by atoms with E-state index in [1.54, 1.807) is 0 Å². The van der Waals surface area contributed by atoms with Gasteiger partial charge in [0.2, 0.25) is 6.79 Å². The lowest BCUT2D eigenvalue weighted by Crippen LogP contribution is -2.50. The highest BCUT2D eigenvalue weighted by atomic mass is 16.7. The molecule has 0 radical (unpaired) electrons. The Labute approximate surface area is 119 Å². The van der Waals surface area contributed by atoms with Gasteiger partial charge in [-0.1, -0.05) is 0 Å². The molecule has 1 N–H and O–H groups in total.